The number of aromatic nitrogens is 1. The molecule has 0 radical (unpaired) electrons. The van der Waals surface area contributed by atoms with Crippen LogP contribution >= 0.6 is 11.3 Å². The van der Waals surface area contributed by atoms with E-state index in [-0.39, 0.29) is 11.9 Å². The summed E-state index contributed by atoms with van der Waals surface area (Å²) in [7, 11) is 0. The number of anilines is 1. The van der Waals surface area contributed by atoms with Crippen molar-refractivity contribution in [3.05, 3.63) is 65.2 Å². The van der Waals surface area contributed by atoms with Crippen molar-refractivity contribution in [2.45, 2.75) is 25.7 Å². The van der Waals surface area contributed by atoms with Crippen LogP contribution in [-0.4, -0.2) is 48.0 Å². The molecule has 0 saturated carbocycles. The molecule has 1 amide bonds. The fourth-order valence-electron chi connectivity index (χ4n) is 3.84. The third-order valence-electron chi connectivity index (χ3n) is 5.51. The standard InChI is InChI=1S/C25H27N3O3S/c1-2-31-24(30)12-9-18-7-10-20(11-8-18)26-23(29)17-28-15-13-19(14-16-28)25-27-21-5-3-4-6-22(21)32-25/h3-12,19H,2,13-17H2,1H3,(H,26,29)/b12-9+. The van der Waals surface area contributed by atoms with E-state index in [1.165, 1.54) is 15.8 Å². The lowest BCUT2D eigenvalue weighted by Gasteiger charge is -2.30. The molecule has 4 rings (SSSR count). The SMILES string of the molecule is CCOC(=O)/C=C/c1ccc(NC(=O)CN2CCC(c3nc4ccccc4s3)CC2)cc1. The number of benzene rings is 2. The third-order valence-corrected chi connectivity index (χ3v) is 6.71. The Hall–Kier alpha value is -3.03. The number of likely N-dealkylation sites (tertiary alicyclic amines) is 1. The number of amides is 1. The molecule has 1 N–H and O–H groups in total. The summed E-state index contributed by atoms with van der Waals surface area (Å²) in [5, 5.41) is 4.17. The Morgan fingerprint density at radius 1 is 1.16 bits per heavy atom. The maximum Gasteiger partial charge on any atom is 0.330 e. The highest BCUT2D eigenvalue weighted by atomic mass is 32.1. The minimum Gasteiger partial charge on any atom is -0.463 e. The van der Waals surface area contributed by atoms with Gasteiger partial charge in [0.15, 0.2) is 0 Å². The van der Waals surface area contributed by atoms with Gasteiger partial charge in [0.05, 0.1) is 28.4 Å². The summed E-state index contributed by atoms with van der Waals surface area (Å²) in [6, 6.07) is 15.7. The van der Waals surface area contributed by atoms with Crippen LogP contribution in [0.3, 0.4) is 0 Å². The quantitative estimate of drug-likeness (QED) is 0.419. The number of hydrogen-bond donors (Lipinski definition) is 1. The normalized spacial score (nSPS) is 15.3. The lowest BCUT2D eigenvalue weighted by Crippen LogP contribution is -2.38. The molecular formula is C25H27N3O3S. The summed E-state index contributed by atoms with van der Waals surface area (Å²) < 4.78 is 6.11. The van der Waals surface area contributed by atoms with Gasteiger partial charge in [-0.15, -0.1) is 11.3 Å². The minimum atomic E-state index is -0.364. The highest BCUT2D eigenvalue weighted by Gasteiger charge is 2.24. The number of para-hydroxylation sites is 1. The van der Waals surface area contributed by atoms with Gasteiger partial charge in [0.25, 0.3) is 0 Å². The minimum absolute atomic E-state index is 0.0155. The van der Waals surface area contributed by atoms with E-state index in [0.29, 0.717) is 19.1 Å². The second-order valence-electron chi connectivity index (χ2n) is 7.83. The molecule has 1 aliphatic rings. The summed E-state index contributed by atoms with van der Waals surface area (Å²) in [5.41, 5.74) is 2.69. The first-order valence-corrected chi connectivity index (χ1v) is 11.7. The first-order valence-electron chi connectivity index (χ1n) is 10.9. The van der Waals surface area contributed by atoms with Crippen molar-refractivity contribution < 1.29 is 14.3 Å². The average Bonchev–Trinajstić information content (AvgIpc) is 3.24. The molecule has 1 fully saturated rings. The molecule has 1 aliphatic heterocycles. The van der Waals surface area contributed by atoms with E-state index in [1.807, 2.05) is 30.3 Å². The topological polar surface area (TPSA) is 71.5 Å². The van der Waals surface area contributed by atoms with Crippen LogP contribution in [0.25, 0.3) is 16.3 Å². The van der Waals surface area contributed by atoms with Crippen molar-refractivity contribution in [3.63, 3.8) is 0 Å². The zero-order chi connectivity index (χ0) is 22.3. The van der Waals surface area contributed by atoms with Crippen LogP contribution in [0.4, 0.5) is 5.69 Å². The zero-order valence-corrected chi connectivity index (χ0v) is 18.9. The Balaban J connectivity index is 1.24. The smallest absolute Gasteiger partial charge is 0.330 e. The molecular weight excluding hydrogens is 422 g/mol. The van der Waals surface area contributed by atoms with Crippen molar-refractivity contribution in [1.29, 1.82) is 0 Å². The zero-order valence-electron chi connectivity index (χ0n) is 18.1. The van der Waals surface area contributed by atoms with E-state index < -0.39 is 0 Å². The first kappa shape index (κ1) is 22.2. The molecule has 0 atom stereocenters. The summed E-state index contributed by atoms with van der Waals surface area (Å²) >= 11 is 1.79. The van der Waals surface area contributed by atoms with E-state index in [9.17, 15) is 9.59 Å². The Kier molecular flexibility index (Phi) is 7.29. The van der Waals surface area contributed by atoms with Gasteiger partial charge in [-0.05, 0) is 68.8 Å². The molecule has 7 heteroatoms. The number of nitrogens with zero attached hydrogens (tertiary/aromatic N) is 2. The van der Waals surface area contributed by atoms with E-state index >= 15 is 0 Å². The van der Waals surface area contributed by atoms with Crippen molar-refractivity contribution >= 4 is 45.2 Å². The third kappa shape index (κ3) is 5.81. The van der Waals surface area contributed by atoms with Crippen molar-refractivity contribution in [3.8, 4) is 0 Å². The molecule has 1 saturated heterocycles. The van der Waals surface area contributed by atoms with Gasteiger partial charge in [-0.3, -0.25) is 9.69 Å². The second-order valence-corrected chi connectivity index (χ2v) is 8.89. The monoisotopic (exact) mass is 449 g/mol. The van der Waals surface area contributed by atoms with Crippen LogP contribution in [0.15, 0.2) is 54.6 Å². The fraction of sp³-hybridized carbons (Fsp3) is 0.320. The van der Waals surface area contributed by atoms with Crippen LogP contribution in [0, 0.1) is 0 Å². The molecule has 2 heterocycles. The maximum atomic E-state index is 12.5. The molecule has 6 nitrogen and oxygen atoms in total. The fourth-order valence-corrected chi connectivity index (χ4v) is 4.98. The largest absolute Gasteiger partial charge is 0.463 e. The molecule has 0 unspecified atom stereocenters. The molecule has 166 valence electrons. The number of fused-ring (bicyclic) bond motifs is 1. The van der Waals surface area contributed by atoms with Crippen LogP contribution < -0.4 is 5.32 Å². The van der Waals surface area contributed by atoms with Crippen molar-refractivity contribution in [2.75, 3.05) is 31.6 Å². The number of hydrogen-bond acceptors (Lipinski definition) is 6. The van der Waals surface area contributed by atoms with Crippen molar-refractivity contribution in [2.24, 2.45) is 0 Å². The average molecular weight is 450 g/mol. The molecule has 3 aromatic rings. The van der Waals surface area contributed by atoms with Crippen molar-refractivity contribution in [1.82, 2.24) is 9.88 Å². The number of esters is 1. The van der Waals surface area contributed by atoms with Gasteiger partial charge in [0, 0.05) is 17.7 Å². The lowest BCUT2D eigenvalue weighted by molar-refractivity contribution is -0.137. The second kappa shape index (κ2) is 10.5. The maximum absolute atomic E-state index is 12.5. The Morgan fingerprint density at radius 3 is 2.62 bits per heavy atom. The molecule has 1 aromatic heterocycles. The summed E-state index contributed by atoms with van der Waals surface area (Å²) in [4.78, 5) is 30.9. The summed E-state index contributed by atoms with van der Waals surface area (Å²) in [6.07, 6.45) is 5.14. The number of piperidine rings is 1. The van der Waals surface area contributed by atoms with Crippen LogP contribution in [-0.2, 0) is 14.3 Å². The molecule has 32 heavy (non-hydrogen) atoms. The number of ether oxygens (including phenoxy) is 1. The van der Waals surface area contributed by atoms with E-state index in [0.717, 1.165) is 42.7 Å². The molecule has 0 spiro atoms. The predicted molar refractivity (Wildman–Crippen MR) is 129 cm³/mol. The van der Waals surface area contributed by atoms with Gasteiger partial charge in [-0.2, -0.15) is 0 Å². The van der Waals surface area contributed by atoms with Crippen LogP contribution in [0.5, 0.6) is 0 Å². The molecule has 0 aliphatic carbocycles. The number of rotatable bonds is 7. The number of carbonyl (C=O) groups excluding carboxylic acids is 2. The van der Waals surface area contributed by atoms with Crippen LogP contribution in [0.2, 0.25) is 0 Å². The van der Waals surface area contributed by atoms with Gasteiger partial charge in [-0.1, -0.05) is 24.3 Å². The van der Waals surface area contributed by atoms with Gasteiger partial charge >= 0.3 is 5.97 Å². The highest BCUT2D eigenvalue weighted by Crippen LogP contribution is 2.33. The van der Waals surface area contributed by atoms with E-state index in [4.69, 9.17) is 9.72 Å². The number of thiazole rings is 1. The van der Waals surface area contributed by atoms with E-state index in [1.54, 1.807) is 24.3 Å². The summed E-state index contributed by atoms with van der Waals surface area (Å²) in [5.74, 6) is 0.0944. The number of carbonyl (C=O) groups is 2. The van der Waals surface area contributed by atoms with Crippen LogP contribution in [0.1, 0.15) is 36.3 Å². The Morgan fingerprint density at radius 2 is 1.91 bits per heavy atom. The first-order chi connectivity index (χ1) is 15.6. The Bertz CT molecular complexity index is 1070. The van der Waals surface area contributed by atoms with Gasteiger partial charge < -0.3 is 10.1 Å². The molecule has 2 aromatic carbocycles. The number of nitrogens with one attached hydrogen (secondary N) is 1. The molecule has 0 bridgehead atoms. The highest BCUT2D eigenvalue weighted by molar-refractivity contribution is 7.18. The van der Waals surface area contributed by atoms with Gasteiger partial charge in [0.1, 0.15) is 0 Å². The van der Waals surface area contributed by atoms with E-state index in [2.05, 4.69) is 28.4 Å². The Labute approximate surface area is 191 Å². The predicted octanol–water partition coefficient (Wildman–Crippen LogP) is 4.69. The van der Waals surface area contributed by atoms with Gasteiger partial charge in [0.2, 0.25) is 5.91 Å². The lowest BCUT2D eigenvalue weighted by atomic mass is 9.97. The summed E-state index contributed by atoms with van der Waals surface area (Å²) in [6.45, 7) is 4.30. The van der Waals surface area contributed by atoms with Gasteiger partial charge in [-0.25, -0.2) is 9.78 Å².